The number of ether oxygens (including phenoxy) is 6. The molecule has 3 aliphatic rings. The summed E-state index contributed by atoms with van der Waals surface area (Å²) in [5, 5.41) is 49.7. The van der Waals surface area contributed by atoms with E-state index < -0.39 is 37.3 Å². The average Bonchev–Trinajstić information content (AvgIpc) is 3.52. The van der Waals surface area contributed by atoms with Crippen LogP contribution in [-0.2, 0) is 14.2 Å². The summed E-state index contributed by atoms with van der Waals surface area (Å²) < 4.78 is 34.3. The van der Waals surface area contributed by atoms with Crippen molar-refractivity contribution >= 4 is 0 Å². The third-order valence-corrected chi connectivity index (χ3v) is 7.40. The molecule has 0 spiro atoms. The summed E-state index contributed by atoms with van der Waals surface area (Å²) in [5.41, 5.74) is 1.77. The molecule has 0 bridgehead atoms. The Morgan fingerprint density at radius 2 is 1.38 bits per heavy atom. The largest absolute Gasteiger partial charge is 0.504 e. The van der Waals surface area contributed by atoms with Crippen molar-refractivity contribution in [3.63, 3.8) is 0 Å². The summed E-state index contributed by atoms with van der Waals surface area (Å²) in [4.78, 5) is 0. The van der Waals surface area contributed by atoms with Gasteiger partial charge in [0.2, 0.25) is 6.29 Å². The predicted molar refractivity (Wildman–Crippen MR) is 126 cm³/mol. The lowest BCUT2D eigenvalue weighted by Gasteiger charge is -2.39. The molecule has 37 heavy (non-hydrogen) atoms. The van der Waals surface area contributed by atoms with Crippen molar-refractivity contribution in [1.82, 2.24) is 0 Å². The molecule has 0 aliphatic carbocycles. The van der Waals surface area contributed by atoms with E-state index in [9.17, 15) is 25.5 Å². The van der Waals surface area contributed by atoms with Gasteiger partial charge in [-0.05, 0) is 35.4 Å². The first-order valence-corrected chi connectivity index (χ1v) is 12.1. The number of phenols is 1. The number of phenolic OH excluding ortho intramolecular Hbond substituents is 1. The second-order valence-electron chi connectivity index (χ2n) is 9.49. The molecular weight excluding hydrogens is 488 g/mol. The fourth-order valence-corrected chi connectivity index (χ4v) is 5.35. The Kier molecular flexibility index (Phi) is 7.46. The number of benzene rings is 2. The Labute approximate surface area is 213 Å². The molecule has 0 saturated carbocycles. The Morgan fingerprint density at radius 3 is 1.97 bits per heavy atom. The first-order valence-electron chi connectivity index (χ1n) is 12.1. The van der Waals surface area contributed by atoms with Crippen LogP contribution in [0.15, 0.2) is 36.4 Å². The Bertz CT molecular complexity index is 1090. The van der Waals surface area contributed by atoms with E-state index in [1.807, 2.05) is 12.1 Å². The van der Waals surface area contributed by atoms with E-state index in [0.717, 1.165) is 11.1 Å². The molecule has 0 aromatic heterocycles. The first kappa shape index (κ1) is 26.0. The number of rotatable bonds is 7. The van der Waals surface area contributed by atoms with Crippen molar-refractivity contribution in [2.45, 2.75) is 42.9 Å². The van der Waals surface area contributed by atoms with Gasteiger partial charge in [-0.2, -0.15) is 0 Å². The molecule has 0 radical (unpaired) electrons. The van der Waals surface area contributed by atoms with Gasteiger partial charge in [0.15, 0.2) is 23.0 Å². The van der Waals surface area contributed by atoms with Gasteiger partial charge in [0.05, 0.1) is 46.2 Å². The number of aliphatic hydroxyl groups excluding tert-OH is 4. The summed E-state index contributed by atoms with van der Waals surface area (Å²) in [6.45, 7) is 0.436. The normalized spacial score (nSPS) is 35.2. The molecule has 5 N–H and O–H groups in total. The summed E-state index contributed by atoms with van der Waals surface area (Å²) in [6, 6.07) is 10.5. The molecule has 0 unspecified atom stereocenters. The highest BCUT2D eigenvalue weighted by Gasteiger charge is 2.49. The van der Waals surface area contributed by atoms with E-state index in [4.69, 9.17) is 28.4 Å². The minimum atomic E-state index is -1.55. The lowest BCUT2D eigenvalue weighted by atomic mass is 9.85. The van der Waals surface area contributed by atoms with Gasteiger partial charge >= 0.3 is 0 Å². The summed E-state index contributed by atoms with van der Waals surface area (Å²) in [5.74, 6) is 1.27. The maximum Gasteiger partial charge on any atom is 0.229 e. The Hall–Kier alpha value is -2.64. The van der Waals surface area contributed by atoms with Crippen LogP contribution in [0.25, 0.3) is 0 Å². The standard InChI is InChI=1S/C26H32O11/c1-32-18-7-12(3-5-16(18)28)24-14-10-35-25(15(14)11-34-24)13-4-6-17(19(8-13)33-2)36-26-23(31)22(30)21(29)20(9-27)37-26/h3-8,14-15,20-31H,9-11H2,1-2H3/t14-,15+,20-,21+,22-,23-,24+,25-,26-/m1/s1. The number of fused-ring (bicyclic) bond motifs is 1. The van der Waals surface area contributed by atoms with E-state index in [2.05, 4.69) is 0 Å². The van der Waals surface area contributed by atoms with Crippen LogP contribution < -0.4 is 14.2 Å². The molecule has 3 aliphatic heterocycles. The molecule has 3 saturated heterocycles. The maximum atomic E-state index is 10.3. The highest BCUT2D eigenvalue weighted by Crippen LogP contribution is 2.51. The van der Waals surface area contributed by atoms with Crippen LogP contribution >= 0.6 is 0 Å². The average molecular weight is 521 g/mol. The van der Waals surface area contributed by atoms with Gasteiger partial charge in [-0.25, -0.2) is 0 Å². The molecule has 3 heterocycles. The lowest BCUT2D eigenvalue weighted by molar-refractivity contribution is -0.277. The predicted octanol–water partition coefficient (Wildman–Crippen LogP) is 0.663. The minimum absolute atomic E-state index is 0.0689. The van der Waals surface area contributed by atoms with Gasteiger partial charge in [-0.3, -0.25) is 0 Å². The Morgan fingerprint density at radius 1 is 0.784 bits per heavy atom. The minimum Gasteiger partial charge on any atom is -0.504 e. The first-order chi connectivity index (χ1) is 17.9. The Balaban J connectivity index is 1.32. The van der Waals surface area contributed by atoms with Crippen LogP contribution in [0.5, 0.6) is 23.0 Å². The van der Waals surface area contributed by atoms with Gasteiger partial charge in [-0.1, -0.05) is 12.1 Å². The van der Waals surface area contributed by atoms with Crippen molar-refractivity contribution in [3.05, 3.63) is 47.5 Å². The number of hydrogen-bond donors (Lipinski definition) is 5. The second kappa shape index (κ2) is 10.6. The second-order valence-corrected chi connectivity index (χ2v) is 9.49. The van der Waals surface area contributed by atoms with Gasteiger partial charge < -0.3 is 54.0 Å². The number of methoxy groups -OCH3 is 2. The van der Waals surface area contributed by atoms with Crippen LogP contribution in [-0.4, -0.2) is 90.3 Å². The summed E-state index contributed by atoms with van der Waals surface area (Å²) >= 11 is 0. The fourth-order valence-electron chi connectivity index (χ4n) is 5.35. The quantitative estimate of drug-likeness (QED) is 0.349. The lowest BCUT2D eigenvalue weighted by Crippen LogP contribution is -2.60. The molecule has 5 rings (SSSR count). The van der Waals surface area contributed by atoms with Crippen LogP contribution in [0.4, 0.5) is 0 Å². The van der Waals surface area contributed by atoms with E-state index in [1.165, 1.54) is 14.2 Å². The molecule has 202 valence electrons. The highest BCUT2D eigenvalue weighted by atomic mass is 16.7. The SMILES string of the molecule is COc1cc([C@@H]2OC[C@H]3[C@H]2CO[C@@H]3c2ccc(O[C@@H]3O[C@H](CO)[C@H](O)[C@@H](O)[C@H]3O)c(OC)c2)ccc1O. The third kappa shape index (κ3) is 4.72. The number of aliphatic hydroxyl groups is 4. The summed E-state index contributed by atoms with van der Waals surface area (Å²) in [6.07, 6.45) is -7.41. The van der Waals surface area contributed by atoms with E-state index in [0.29, 0.717) is 24.7 Å². The molecule has 3 fully saturated rings. The van der Waals surface area contributed by atoms with Crippen molar-refractivity contribution in [3.8, 4) is 23.0 Å². The van der Waals surface area contributed by atoms with E-state index in [-0.39, 0.29) is 35.5 Å². The zero-order valence-corrected chi connectivity index (χ0v) is 20.5. The molecule has 11 heteroatoms. The van der Waals surface area contributed by atoms with Gasteiger partial charge in [0.1, 0.15) is 24.4 Å². The smallest absolute Gasteiger partial charge is 0.229 e. The van der Waals surface area contributed by atoms with Crippen LogP contribution in [0.1, 0.15) is 23.3 Å². The van der Waals surface area contributed by atoms with Gasteiger partial charge in [0.25, 0.3) is 0 Å². The van der Waals surface area contributed by atoms with E-state index >= 15 is 0 Å². The van der Waals surface area contributed by atoms with Crippen LogP contribution in [0.3, 0.4) is 0 Å². The molecule has 11 nitrogen and oxygen atoms in total. The highest BCUT2D eigenvalue weighted by molar-refractivity contribution is 5.45. The monoisotopic (exact) mass is 520 g/mol. The molecule has 2 aromatic rings. The fraction of sp³-hybridized carbons (Fsp3) is 0.538. The molecule has 0 amide bonds. The van der Waals surface area contributed by atoms with E-state index in [1.54, 1.807) is 24.3 Å². The zero-order chi connectivity index (χ0) is 26.3. The third-order valence-electron chi connectivity index (χ3n) is 7.40. The van der Waals surface area contributed by atoms with Crippen molar-refractivity contribution in [2.75, 3.05) is 34.0 Å². The number of hydrogen-bond acceptors (Lipinski definition) is 11. The maximum absolute atomic E-state index is 10.3. The molecule has 9 atom stereocenters. The molecule has 2 aromatic carbocycles. The van der Waals surface area contributed by atoms with Gasteiger partial charge in [-0.15, -0.1) is 0 Å². The van der Waals surface area contributed by atoms with Crippen molar-refractivity contribution in [2.24, 2.45) is 11.8 Å². The number of aromatic hydroxyl groups is 1. The summed E-state index contributed by atoms with van der Waals surface area (Å²) in [7, 11) is 2.98. The van der Waals surface area contributed by atoms with Crippen molar-refractivity contribution in [1.29, 1.82) is 0 Å². The topological polar surface area (TPSA) is 157 Å². The zero-order valence-electron chi connectivity index (χ0n) is 20.5. The van der Waals surface area contributed by atoms with Crippen LogP contribution in [0.2, 0.25) is 0 Å². The van der Waals surface area contributed by atoms with Crippen molar-refractivity contribution < 1.29 is 54.0 Å². The molecular formula is C26H32O11. The van der Waals surface area contributed by atoms with Gasteiger partial charge in [0, 0.05) is 11.8 Å². The van der Waals surface area contributed by atoms with Crippen LogP contribution in [0, 0.1) is 11.8 Å².